The Morgan fingerprint density at radius 1 is 1.03 bits per heavy atom. The number of aryl methyl sites for hydroxylation is 1. The van der Waals surface area contributed by atoms with Crippen LogP contribution in [0.5, 0.6) is 0 Å². The number of amides is 1. The highest BCUT2D eigenvalue weighted by Crippen LogP contribution is 2.35. The van der Waals surface area contributed by atoms with Crippen molar-refractivity contribution < 1.29 is 4.79 Å². The van der Waals surface area contributed by atoms with Crippen molar-refractivity contribution in [1.29, 1.82) is 0 Å². The summed E-state index contributed by atoms with van der Waals surface area (Å²) < 4.78 is 0. The van der Waals surface area contributed by atoms with E-state index in [0.29, 0.717) is 15.4 Å². The highest BCUT2D eigenvalue weighted by Gasteiger charge is 2.17. The maximum atomic E-state index is 12.9. The predicted molar refractivity (Wildman–Crippen MR) is 126 cm³/mol. The number of fused-ring (bicyclic) bond motifs is 1. The first-order valence-electron chi connectivity index (χ1n) is 9.41. The number of nitrogens with one attached hydrogen (secondary N) is 2. The van der Waals surface area contributed by atoms with Gasteiger partial charge in [-0.15, -0.1) is 11.8 Å². The summed E-state index contributed by atoms with van der Waals surface area (Å²) in [4.78, 5) is 28.8. The first-order valence-corrected chi connectivity index (χ1v) is 10.8. The topological polar surface area (TPSA) is 62.0 Å². The standard InChI is InChI=1S/C24H19ClN2O2S/c1-15-7-10-18(11-8-15)26-21(28)14-30-23-22(16-5-3-2-4-6-16)19-13-17(25)9-12-20(19)27-24(23)29/h2-13H,14H2,1H3,(H,26,28)(H,27,29). The molecule has 0 aliphatic carbocycles. The third-order valence-electron chi connectivity index (χ3n) is 4.68. The lowest BCUT2D eigenvalue weighted by molar-refractivity contribution is -0.113. The number of pyridine rings is 1. The van der Waals surface area contributed by atoms with Gasteiger partial charge in [0.25, 0.3) is 5.56 Å². The summed E-state index contributed by atoms with van der Waals surface area (Å²) in [6, 6.07) is 22.6. The van der Waals surface area contributed by atoms with Crippen LogP contribution in [0.25, 0.3) is 22.0 Å². The van der Waals surface area contributed by atoms with Gasteiger partial charge in [-0.3, -0.25) is 9.59 Å². The number of hydrogen-bond donors (Lipinski definition) is 2. The molecule has 4 rings (SSSR count). The van der Waals surface area contributed by atoms with E-state index < -0.39 is 0 Å². The van der Waals surface area contributed by atoms with Crippen LogP contribution in [0.4, 0.5) is 5.69 Å². The van der Waals surface area contributed by atoms with Crippen LogP contribution < -0.4 is 10.9 Å². The summed E-state index contributed by atoms with van der Waals surface area (Å²) in [5, 5.41) is 4.30. The summed E-state index contributed by atoms with van der Waals surface area (Å²) in [6.45, 7) is 1.99. The lowest BCUT2D eigenvalue weighted by Crippen LogP contribution is -2.16. The number of carbonyl (C=O) groups is 1. The van der Waals surface area contributed by atoms with Crippen molar-refractivity contribution >= 4 is 45.9 Å². The molecule has 1 aromatic heterocycles. The second-order valence-electron chi connectivity index (χ2n) is 6.92. The van der Waals surface area contributed by atoms with Gasteiger partial charge in [-0.25, -0.2) is 0 Å². The van der Waals surface area contributed by atoms with Crippen LogP contribution in [0.2, 0.25) is 5.02 Å². The molecule has 0 spiro atoms. The Kier molecular flexibility index (Phi) is 5.93. The number of carbonyl (C=O) groups excluding carboxylic acids is 1. The maximum absolute atomic E-state index is 12.9. The second-order valence-corrected chi connectivity index (χ2v) is 8.34. The Bertz CT molecular complexity index is 1270. The van der Waals surface area contributed by atoms with Gasteiger partial charge in [0.05, 0.1) is 10.6 Å². The van der Waals surface area contributed by atoms with E-state index in [9.17, 15) is 9.59 Å². The van der Waals surface area contributed by atoms with Crippen LogP contribution in [0.3, 0.4) is 0 Å². The molecule has 0 saturated carbocycles. The van der Waals surface area contributed by atoms with Crippen LogP contribution in [0.15, 0.2) is 82.5 Å². The number of thioether (sulfide) groups is 1. The summed E-state index contributed by atoms with van der Waals surface area (Å²) in [6.07, 6.45) is 0. The monoisotopic (exact) mass is 434 g/mol. The van der Waals surface area contributed by atoms with Crippen molar-refractivity contribution in [2.75, 3.05) is 11.1 Å². The van der Waals surface area contributed by atoms with Crippen LogP contribution in [-0.2, 0) is 4.79 Å². The summed E-state index contributed by atoms with van der Waals surface area (Å²) in [5.74, 6) is -0.0588. The number of rotatable bonds is 5. The van der Waals surface area contributed by atoms with Crippen LogP contribution >= 0.6 is 23.4 Å². The summed E-state index contributed by atoms with van der Waals surface area (Å²) in [7, 11) is 0. The van der Waals surface area contributed by atoms with Gasteiger partial charge in [-0.1, -0.05) is 59.6 Å². The molecule has 0 aliphatic rings. The van der Waals surface area contributed by atoms with Gasteiger partial charge < -0.3 is 10.3 Å². The highest BCUT2D eigenvalue weighted by molar-refractivity contribution is 8.00. The largest absolute Gasteiger partial charge is 0.325 e. The van der Waals surface area contributed by atoms with Crippen molar-refractivity contribution in [2.24, 2.45) is 0 Å². The van der Waals surface area contributed by atoms with Gasteiger partial charge in [-0.2, -0.15) is 0 Å². The smallest absolute Gasteiger partial charge is 0.262 e. The van der Waals surface area contributed by atoms with Gasteiger partial charge in [0.2, 0.25) is 5.91 Å². The Labute approximate surface area is 183 Å². The SMILES string of the molecule is Cc1ccc(NC(=O)CSc2c(-c3ccccc3)c3cc(Cl)ccc3[nH]c2=O)cc1. The Morgan fingerprint density at radius 3 is 2.50 bits per heavy atom. The minimum atomic E-state index is -0.225. The molecule has 4 aromatic rings. The van der Waals surface area contributed by atoms with Gasteiger partial charge >= 0.3 is 0 Å². The van der Waals surface area contributed by atoms with E-state index in [1.807, 2.05) is 67.6 Å². The number of aromatic nitrogens is 1. The molecule has 2 N–H and O–H groups in total. The first kappa shape index (κ1) is 20.3. The molecule has 30 heavy (non-hydrogen) atoms. The molecule has 3 aromatic carbocycles. The summed E-state index contributed by atoms with van der Waals surface area (Å²) >= 11 is 7.46. The van der Waals surface area contributed by atoms with E-state index in [2.05, 4.69) is 10.3 Å². The quantitative estimate of drug-likeness (QED) is 0.385. The number of aromatic amines is 1. The van der Waals surface area contributed by atoms with Gasteiger partial charge in [0, 0.05) is 27.2 Å². The van der Waals surface area contributed by atoms with Gasteiger partial charge in [0.1, 0.15) is 0 Å². The van der Waals surface area contributed by atoms with Crippen LogP contribution in [0, 0.1) is 6.92 Å². The average molecular weight is 435 g/mol. The fourth-order valence-electron chi connectivity index (χ4n) is 3.25. The predicted octanol–water partition coefficient (Wildman–Crippen LogP) is 5.89. The number of H-pyrrole nitrogens is 1. The lowest BCUT2D eigenvalue weighted by atomic mass is 10.0. The molecule has 0 fully saturated rings. The van der Waals surface area contributed by atoms with E-state index >= 15 is 0 Å². The normalized spacial score (nSPS) is 10.9. The minimum absolute atomic E-state index is 0.114. The van der Waals surface area contributed by atoms with Crippen LogP contribution in [0.1, 0.15) is 5.56 Å². The Hall–Kier alpha value is -3.02. The number of hydrogen-bond acceptors (Lipinski definition) is 3. The van der Waals surface area contributed by atoms with Crippen molar-refractivity contribution in [3.63, 3.8) is 0 Å². The second kappa shape index (κ2) is 8.78. The Balaban J connectivity index is 1.69. The van der Waals surface area contributed by atoms with E-state index in [1.54, 1.807) is 12.1 Å². The lowest BCUT2D eigenvalue weighted by Gasteiger charge is -2.13. The van der Waals surface area contributed by atoms with E-state index in [4.69, 9.17) is 11.6 Å². The number of halogens is 1. The summed E-state index contributed by atoms with van der Waals surface area (Å²) in [5.41, 5.74) is 4.01. The Morgan fingerprint density at radius 2 is 1.77 bits per heavy atom. The molecule has 0 unspecified atom stereocenters. The molecule has 0 radical (unpaired) electrons. The molecular weight excluding hydrogens is 416 g/mol. The van der Waals surface area contributed by atoms with E-state index in [0.717, 1.165) is 27.8 Å². The van der Waals surface area contributed by atoms with Crippen molar-refractivity contribution in [1.82, 2.24) is 4.98 Å². The van der Waals surface area contributed by atoms with E-state index in [-0.39, 0.29) is 17.2 Å². The molecule has 4 nitrogen and oxygen atoms in total. The zero-order valence-corrected chi connectivity index (χ0v) is 17.8. The molecule has 1 heterocycles. The molecule has 6 heteroatoms. The third-order valence-corrected chi connectivity index (χ3v) is 6.00. The zero-order valence-electron chi connectivity index (χ0n) is 16.2. The fourth-order valence-corrected chi connectivity index (χ4v) is 4.32. The highest BCUT2D eigenvalue weighted by atomic mass is 35.5. The minimum Gasteiger partial charge on any atom is -0.325 e. The van der Waals surface area contributed by atoms with Gasteiger partial charge in [0.15, 0.2) is 0 Å². The molecule has 0 bridgehead atoms. The van der Waals surface area contributed by atoms with E-state index in [1.165, 1.54) is 11.8 Å². The molecule has 0 aliphatic heterocycles. The van der Waals surface area contributed by atoms with Gasteiger partial charge in [-0.05, 0) is 42.8 Å². The number of benzene rings is 3. The molecule has 150 valence electrons. The van der Waals surface area contributed by atoms with Crippen molar-refractivity contribution in [3.8, 4) is 11.1 Å². The first-order chi connectivity index (χ1) is 14.5. The van der Waals surface area contributed by atoms with Crippen LogP contribution in [-0.4, -0.2) is 16.6 Å². The van der Waals surface area contributed by atoms with Crippen molar-refractivity contribution in [2.45, 2.75) is 11.8 Å². The average Bonchev–Trinajstić information content (AvgIpc) is 2.74. The zero-order chi connectivity index (χ0) is 21.1. The molecule has 0 atom stereocenters. The molecular formula is C24H19ClN2O2S. The maximum Gasteiger partial charge on any atom is 0.262 e. The molecule has 1 amide bonds. The van der Waals surface area contributed by atoms with Crippen molar-refractivity contribution in [3.05, 3.63) is 93.7 Å². The third kappa shape index (κ3) is 4.42. The number of anilines is 1. The fraction of sp³-hybridized carbons (Fsp3) is 0.0833. The molecule has 0 saturated heterocycles.